The van der Waals surface area contributed by atoms with E-state index >= 15 is 0 Å². The second-order valence-corrected chi connectivity index (χ2v) is 4.35. The number of hydrogen-bond donors (Lipinski definition) is 1. The number of morpholine rings is 1. The van der Waals surface area contributed by atoms with E-state index in [1.807, 2.05) is 11.8 Å². The Kier molecular flexibility index (Phi) is 7.72. The predicted molar refractivity (Wildman–Crippen MR) is 66.9 cm³/mol. The van der Waals surface area contributed by atoms with Gasteiger partial charge in [0, 0.05) is 19.6 Å². The molecule has 0 aromatic carbocycles. The molecule has 0 bridgehead atoms. The number of nitrogens with zero attached hydrogens (tertiary/aromatic N) is 1. The lowest BCUT2D eigenvalue weighted by molar-refractivity contribution is -0.136. The summed E-state index contributed by atoms with van der Waals surface area (Å²) in [6.45, 7) is 9.86. The third-order valence-corrected chi connectivity index (χ3v) is 2.50. The van der Waals surface area contributed by atoms with Crippen LogP contribution in [0.3, 0.4) is 0 Å². The van der Waals surface area contributed by atoms with Crippen molar-refractivity contribution >= 4 is 18.3 Å². The van der Waals surface area contributed by atoms with Gasteiger partial charge in [0.1, 0.15) is 6.04 Å². The minimum Gasteiger partial charge on any atom is -0.378 e. The van der Waals surface area contributed by atoms with Gasteiger partial charge in [0.05, 0.1) is 13.2 Å². The molecule has 1 heterocycles. The lowest BCUT2D eigenvalue weighted by Crippen LogP contribution is -2.53. The van der Waals surface area contributed by atoms with Crippen molar-refractivity contribution in [2.45, 2.75) is 26.8 Å². The van der Waals surface area contributed by atoms with Crippen LogP contribution >= 0.6 is 12.4 Å². The second kappa shape index (κ2) is 7.87. The maximum atomic E-state index is 12.0. The fourth-order valence-corrected chi connectivity index (χ4v) is 1.76. The number of ether oxygens (including phenoxy) is 1. The zero-order chi connectivity index (χ0) is 11.3. The molecule has 0 saturated carbocycles. The number of carbonyl (C=O) groups excluding carboxylic acids is 1. The van der Waals surface area contributed by atoms with Crippen LogP contribution in [-0.4, -0.2) is 49.7 Å². The molecule has 1 atom stereocenters. The van der Waals surface area contributed by atoms with Crippen molar-refractivity contribution in [2.75, 3.05) is 32.8 Å². The minimum absolute atomic E-state index is 0. The molecule has 5 heteroatoms. The van der Waals surface area contributed by atoms with Gasteiger partial charge in [0.15, 0.2) is 0 Å². The van der Waals surface area contributed by atoms with Crippen molar-refractivity contribution in [3.63, 3.8) is 0 Å². The van der Waals surface area contributed by atoms with Gasteiger partial charge >= 0.3 is 0 Å². The first-order valence-electron chi connectivity index (χ1n) is 5.75. The van der Waals surface area contributed by atoms with Crippen LogP contribution in [0.1, 0.15) is 20.8 Å². The zero-order valence-corrected chi connectivity index (χ0v) is 11.2. The molecule has 0 spiro atoms. The van der Waals surface area contributed by atoms with E-state index < -0.39 is 0 Å². The summed E-state index contributed by atoms with van der Waals surface area (Å²) in [4.78, 5) is 13.9. The molecule has 1 fully saturated rings. The molecule has 0 aliphatic carbocycles. The molecule has 1 amide bonds. The first kappa shape index (κ1) is 15.7. The third-order valence-electron chi connectivity index (χ3n) is 2.50. The molecule has 0 radical (unpaired) electrons. The van der Waals surface area contributed by atoms with Crippen molar-refractivity contribution in [3.05, 3.63) is 0 Å². The van der Waals surface area contributed by atoms with Crippen LogP contribution in [0.4, 0.5) is 0 Å². The van der Waals surface area contributed by atoms with Gasteiger partial charge in [-0.1, -0.05) is 13.8 Å². The van der Waals surface area contributed by atoms with E-state index in [2.05, 4.69) is 19.2 Å². The van der Waals surface area contributed by atoms with Crippen molar-refractivity contribution < 1.29 is 9.53 Å². The summed E-state index contributed by atoms with van der Waals surface area (Å²) in [6.07, 6.45) is 0. The van der Waals surface area contributed by atoms with Crippen LogP contribution in [0.2, 0.25) is 0 Å². The maximum Gasteiger partial charge on any atom is 0.242 e. The molecule has 1 aliphatic heterocycles. The van der Waals surface area contributed by atoms with E-state index in [4.69, 9.17) is 4.74 Å². The van der Waals surface area contributed by atoms with Crippen molar-refractivity contribution in [1.29, 1.82) is 0 Å². The highest BCUT2D eigenvalue weighted by molar-refractivity contribution is 5.85. The van der Waals surface area contributed by atoms with Gasteiger partial charge in [-0.25, -0.2) is 0 Å². The summed E-state index contributed by atoms with van der Waals surface area (Å²) < 4.78 is 5.29. The van der Waals surface area contributed by atoms with Crippen molar-refractivity contribution in [2.24, 2.45) is 5.92 Å². The summed E-state index contributed by atoms with van der Waals surface area (Å²) in [5.74, 6) is 0.685. The van der Waals surface area contributed by atoms with Gasteiger partial charge in [0.2, 0.25) is 5.91 Å². The van der Waals surface area contributed by atoms with E-state index in [1.54, 1.807) is 0 Å². The van der Waals surface area contributed by atoms with E-state index in [1.165, 1.54) is 0 Å². The highest BCUT2D eigenvalue weighted by Gasteiger charge is 2.25. The van der Waals surface area contributed by atoms with Crippen LogP contribution in [0.15, 0.2) is 0 Å². The normalized spacial score (nSPS) is 20.4. The molecular weight excluding hydrogens is 228 g/mol. The Labute approximate surface area is 104 Å². The highest BCUT2D eigenvalue weighted by atomic mass is 35.5. The molecular formula is C11H23ClN2O2. The van der Waals surface area contributed by atoms with Crippen molar-refractivity contribution in [3.8, 4) is 0 Å². The zero-order valence-electron chi connectivity index (χ0n) is 10.4. The molecule has 1 N–H and O–H groups in total. The van der Waals surface area contributed by atoms with Gasteiger partial charge in [-0.2, -0.15) is 0 Å². The van der Waals surface area contributed by atoms with Crippen molar-refractivity contribution in [1.82, 2.24) is 10.2 Å². The molecule has 1 rings (SSSR count). The van der Waals surface area contributed by atoms with Gasteiger partial charge in [-0.05, 0) is 12.8 Å². The summed E-state index contributed by atoms with van der Waals surface area (Å²) in [7, 11) is 0. The molecule has 1 aliphatic rings. The van der Waals surface area contributed by atoms with E-state index in [0.717, 1.165) is 19.6 Å². The van der Waals surface area contributed by atoms with E-state index in [0.29, 0.717) is 19.1 Å². The smallest absolute Gasteiger partial charge is 0.242 e. The average Bonchev–Trinajstić information content (AvgIpc) is 2.26. The number of likely N-dealkylation sites (N-methyl/N-ethyl adjacent to an activating group) is 1. The van der Waals surface area contributed by atoms with Crippen LogP contribution in [0.25, 0.3) is 0 Å². The van der Waals surface area contributed by atoms with Gasteiger partial charge in [0.25, 0.3) is 0 Å². The first-order valence-corrected chi connectivity index (χ1v) is 5.75. The Balaban J connectivity index is 0.00000225. The Hall–Kier alpha value is -0.320. The fraction of sp³-hybridized carbons (Fsp3) is 0.909. The quantitative estimate of drug-likeness (QED) is 0.806. The predicted octanol–water partition coefficient (Wildman–Crippen LogP) is 0.901. The Morgan fingerprint density at radius 1 is 1.56 bits per heavy atom. The van der Waals surface area contributed by atoms with Crippen LogP contribution in [0.5, 0.6) is 0 Å². The standard InChI is InChI=1S/C11H22N2O2.ClH/c1-4-13(7-9(2)3)11(14)10-8-15-6-5-12-10;/h9-10,12H,4-8H2,1-3H3;1H. The van der Waals surface area contributed by atoms with E-state index in [-0.39, 0.29) is 24.4 Å². The number of amides is 1. The topological polar surface area (TPSA) is 41.6 Å². The summed E-state index contributed by atoms with van der Waals surface area (Å²) >= 11 is 0. The Morgan fingerprint density at radius 3 is 2.69 bits per heavy atom. The summed E-state index contributed by atoms with van der Waals surface area (Å²) in [5.41, 5.74) is 0. The molecule has 1 saturated heterocycles. The second-order valence-electron chi connectivity index (χ2n) is 4.35. The Morgan fingerprint density at radius 2 is 2.25 bits per heavy atom. The number of halogens is 1. The van der Waals surface area contributed by atoms with Crippen LogP contribution in [0, 0.1) is 5.92 Å². The minimum atomic E-state index is -0.141. The number of carbonyl (C=O) groups is 1. The number of hydrogen-bond acceptors (Lipinski definition) is 3. The Bertz CT molecular complexity index is 206. The van der Waals surface area contributed by atoms with Gasteiger partial charge in [-0.3, -0.25) is 4.79 Å². The highest BCUT2D eigenvalue weighted by Crippen LogP contribution is 2.04. The maximum absolute atomic E-state index is 12.0. The number of rotatable bonds is 4. The van der Waals surface area contributed by atoms with Crippen LogP contribution < -0.4 is 5.32 Å². The molecule has 0 aromatic rings. The van der Waals surface area contributed by atoms with Gasteiger partial charge in [-0.15, -0.1) is 12.4 Å². The first-order chi connectivity index (χ1) is 7.15. The molecule has 4 nitrogen and oxygen atoms in total. The lowest BCUT2D eigenvalue weighted by Gasteiger charge is -2.30. The monoisotopic (exact) mass is 250 g/mol. The molecule has 0 aromatic heterocycles. The molecule has 16 heavy (non-hydrogen) atoms. The van der Waals surface area contributed by atoms with E-state index in [9.17, 15) is 4.79 Å². The largest absolute Gasteiger partial charge is 0.378 e. The molecule has 1 unspecified atom stereocenters. The third kappa shape index (κ3) is 4.68. The number of nitrogens with one attached hydrogen (secondary N) is 1. The average molecular weight is 251 g/mol. The summed E-state index contributed by atoms with van der Waals surface area (Å²) in [6, 6.07) is -0.141. The lowest BCUT2D eigenvalue weighted by atomic mass is 10.1. The van der Waals surface area contributed by atoms with Gasteiger partial charge < -0.3 is 15.0 Å². The summed E-state index contributed by atoms with van der Waals surface area (Å²) in [5, 5.41) is 3.19. The van der Waals surface area contributed by atoms with Crippen LogP contribution in [-0.2, 0) is 9.53 Å². The molecule has 96 valence electrons. The SMILES string of the molecule is CCN(CC(C)C)C(=O)C1COCCN1.Cl. The fourth-order valence-electron chi connectivity index (χ4n) is 1.76.